The third-order valence-electron chi connectivity index (χ3n) is 6.17. The van der Waals surface area contributed by atoms with Gasteiger partial charge in [-0.2, -0.15) is 0 Å². The zero-order chi connectivity index (χ0) is 20.0. The number of amides is 2. The number of hydrogen-bond acceptors (Lipinski definition) is 4. The smallest absolute Gasteiger partial charge is 0.407 e. The Morgan fingerprint density at radius 2 is 2.11 bits per heavy atom. The third kappa shape index (κ3) is 3.12. The minimum Gasteiger partial charge on any atom is -0.453 e. The number of aryl methyl sites for hydroxylation is 1. The van der Waals surface area contributed by atoms with Crippen molar-refractivity contribution < 1.29 is 14.3 Å². The first-order chi connectivity index (χ1) is 13.4. The number of aromatic amines is 1. The summed E-state index contributed by atoms with van der Waals surface area (Å²) >= 11 is 0. The number of aromatic nitrogens is 2. The lowest BCUT2D eigenvalue weighted by Gasteiger charge is -2.37. The van der Waals surface area contributed by atoms with Crippen LogP contribution in [0.25, 0.3) is 11.0 Å². The lowest BCUT2D eigenvalue weighted by molar-refractivity contribution is -0.139. The van der Waals surface area contributed by atoms with Crippen LogP contribution in [0, 0.1) is 18.8 Å². The van der Waals surface area contributed by atoms with Gasteiger partial charge >= 0.3 is 6.09 Å². The number of fused-ring (bicyclic) bond motifs is 3. The summed E-state index contributed by atoms with van der Waals surface area (Å²) in [5, 5.41) is 2.73. The monoisotopic (exact) mass is 384 g/mol. The van der Waals surface area contributed by atoms with Crippen molar-refractivity contribution in [2.75, 3.05) is 7.11 Å². The first-order valence-electron chi connectivity index (χ1n) is 10.0. The minimum atomic E-state index is -0.610. The molecule has 2 aromatic rings. The Labute approximate surface area is 164 Å². The molecule has 1 saturated carbocycles. The molecule has 150 valence electrons. The van der Waals surface area contributed by atoms with E-state index in [9.17, 15) is 9.59 Å². The molecule has 2 fully saturated rings. The number of hydrogen-bond donors (Lipinski definition) is 2. The summed E-state index contributed by atoms with van der Waals surface area (Å²) in [4.78, 5) is 35.5. The van der Waals surface area contributed by atoms with Gasteiger partial charge in [-0.05, 0) is 55.7 Å². The Morgan fingerprint density at radius 3 is 2.82 bits per heavy atom. The fourth-order valence-corrected chi connectivity index (χ4v) is 4.80. The Morgan fingerprint density at radius 1 is 1.32 bits per heavy atom. The van der Waals surface area contributed by atoms with Crippen molar-refractivity contribution >= 4 is 23.0 Å². The zero-order valence-corrected chi connectivity index (χ0v) is 16.9. The van der Waals surface area contributed by atoms with Crippen LogP contribution in [-0.2, 0) is 9.53 Å². The first kappa shape index (κ1) is 18.8. The summed E-state index contributed by atoms with van der Waals surface area (Å²) in [7, 11) is 1.31. The lowest BCUT2D eigenvalue weighted by Crippen LogP contribution is -2.54. The number of piperidine rings is 1. The highest BCUT2D eigenvalue weighted by Gasteiger charge is 2.51. The van der Waals surface area contributed by atoms with Crippen LogP contribution in [0.15, 0.2) is 18.2 Å². The number of benzene rings is 1. The van der Waals surface area contributed by atoms with Crippen LogP contribution < -0.4 is 5.32 Å². The van der Waals surface area contributed by atoms with E-state index in [1.807, 2.05) is 30.9 Å². The van der Waals surface area contributed by atoms with Gasteiger partial charge in [-0.1, -0.05) is 19.9 Å². The number of nitrogens with one attached hydrogen (secondary N) is 2. The molecule has 2 heterocycles. The highest BCUT2D eigenvalue weighted by Crippen LogP contribution is 2.50. The molecule has 4 atom stereocenters. The fourth-order valence-electron chi connectivity index (χ4n) is 4.80. The van der Waals surface area contributed by atoms with E-state index in [4.69, 9.17) is 9.72 Å². The predicted octanol–water partition coefficient (Wildman–Crippen LogP) is 3.30. The number of alkyl carbamates (subject to hydrolysis) is 1. The van der Waals surface area contributed by atoms with E-state index in [2.05, 4.69) is 23.3 Å². The van der Waals surface area contributed by atoms with Gasteiger partial charge in [0.1, 0.15) is 11.9 Å². The molecular formula is C21H28N4O3. The van der Waals surface area contributed by atoms with Crippen molar-refractivity contribution in [1.82, 2.24) is 20.2 Å². The molecule has 1 aliphatic carbocycles. The number of carbonyl (C=O) groups excluding carboxylic acids is 2. The number of likely N-dealkylation sites (tertiary alicyclic amines) is 1. The molecule has 4 rings (SSSR count). The Balaban J connectivity index is 1.67. The topological polar surface area (TPSA) is 87.3 Å². The molecule has 2 bridgehead atoms. The summed E-state index contributed by atoms with van der Waals surface area (Å²) in [5.74, 6) is 1.17. The van der Waals surface area contributed by atoms with Crippen LogP contribution in [0.2, 0.25) is 0 Å². The molecule has 2 amide bonds. The molecule has 7 nitrogen and oxygen atoms in total. The van der Waals surface area contributed by atoms with Gasteiger partial charge in [0.05, 0.1) is 24.2 Å². The minimum absolute atomic E-state index is 0.0373. The normalized spacial score (nSPS) is 24.8. The van der Waals surface area contributed by atoms with Crippen LogP contribution in [0.5, 0.6) is 0 Å². The summed E-state index contributed by atoms with van der Waals surface area (Å²) < 4.78 is 4.73. The van der Waals surface area contributed by atoms with E-state index in [-0.39, 0.29) is 23.9 Å². The Bertz CT molecular complexity index is 906. The van der Waals surface area contributed by atoms with Gasteiger partial charge in [-0.15, -0.1) is 0 Å². The maximum absolute atomic E-state index is 13.5. The summed E-state index contributed by atoms with van der Waals surface area (Å²) in [5.41, 5.74) is 3.09. The second-order valence-electron chi connectivity index (χ2n) is 8.42. The Hall–Kier alpha value is -2.57. The number of rotatable bonds is 4. The lowest BCUT2D eigenvalue weighted by atomic mass is 9.95. The van der Waals surface area contributed by atoms with Gasteiger partial charge in [0.2, 0.25) is 5.91 Å². The van der Waals surface area contributed by atoms with Gasteiger partial charge in [-0.3, -0.25) is 4.79 Å². The average Bonchev–Trinajstić information content (AvgIpc) is 3.37. The molecule has 1 saturated heterocycles. The summed E-state index contributed by atoms with van der Waals surface area (Å²) in [6.07, 6.45) is 2.53. The summed E-state index contributed by atoms with van der Waals surface area (Å²) in [6, 6.07) is 5.67. The first-order valence-corrected chi connectivity index (χ1v) is 10.0. The van der Waals surface area contributed by atoms with Crippen LogP contribution in [0.4, 0.5) is 4.79 Å². The number of H-pyrrole nitrogens is 1. The molecule has 7 heteroatoms. The van der Waals surface area contributed by atoms with E-state index in [1.54, 1.807) is 0 Å². The quantitative estimate of drug-likeness (QED) is 0.847. The number of imidazole rings is 1. The maximum atomic E-state index is 13.5. The SMILES string of the molecule is COC(=O)NC(C(=O)N1C2CCC(C2)[C@H]1c1nc2ccc(C)cc2[nH]1)C(C)C. The van der Waals surface area contributed by atoms with Crippen molar-refractivity contribution in [3.8, 4) is 0 Å². The van der Waals surface area contributed by atoms with Crippen molar-refractivity contribution in [3.63, 3.8) is 0 Å². The molecule has 1 aromatic heterocycles. The van der Waals surface area contributed by atoms with Gasteiger partial charge < -0.3 is 19.9 Å². The highest BCUT2D eigenvalue weighted by atomic mass is 16.5. The van der Waals surface area contributed by atoms with Crippen molar-refractivity contribution in [2.24, 2.45) is 11.8 Å². The van der Waals surface area contributed by atoms with Crippen molar-refractivity contribution in [1.29, 1.82) is 0 Å². The summed E-state index contributed by atoms with van der Waals surface area (Å²) in [6.45, 7) is 5.93. The Kier molecular flexibility index (Phi) is 4.77. The van der Waals surface area contributed by atoms with E-state index in [0.717, 1.165) is 36.1 Å². The van der Waals surface area contributed by atoms with E-state index < -0.39 is 12.1 Å². The van der Waals surface area contributed by atoms with Gasteiger partial charge in [0, 0.05) is 6.04 Å². The molecule has 2 N–H and O–H groups in total. The number of methoxy groups -OCH3 is 1. The fraction of sp³-hybridized carbons (Fsp3) is 0.571. The predicted molar refractivity (Wildman–Crippen MR) is 106 cm³/mol. The van der Waals surface area contributed by atoms with Crippen LogP contribution in [0.1, 0.15) is 50.5 Å². The molecule has 1 aromatic carbocycles. The number of ether oxygens (including phenoxy) is 1. The molecule has 2 aliphatic rings. The maximum Gasteiger partial charge on any atom is 0.407 e. The zero-order valence-electron chi connectivity index (χ0n) is 16.9. The van der Waals surface area contributed by atoms with Gasteiger partial charge in [0.15, 0.2) is 0 Å². The number of carbonyl (C=O) groups is 2. The molecule has 0 spiro atoms. The highest BCUT2D eigenvalue weighted by molar-refractivity contribution is 5.87. The van der Waals surface area contributed by atoms with Gasteiger partial charge in [-0.25, -0.2) is 9.78 Å². The molecule has 1 aliphatic heterocycles. The molecule has 28 heavy (non-hydrogen) atoms. The average molecular weight is 384 g/mol. The molecule has 0 radical (unpaired) electrons. The molecule has 3 unspecified atom stereocenters. The van der Waals surface area contributed by atoms with Crippen LogP contribution in [0.3, 0.4) is 0 Å². The van der Waals surface area contributed by atoms with E-state index in [1.165, 1.54) is 12.7 Å². The second-order valence-corrected chi connectivity index (χ2v) is 8.42. The second kappa shape index (κ2) is 7.11. The molecular weight excluding hydrogens is 356 g/mol. The van der Waals surface area contributed by atoms with E-state index in [0.29, 0.717) is 5.92 Å². The largest absolute Gasteiger partial charge is 0.453 e. The number of nitrogens with zero attached hydrogens (tertiary/aromatic N) is 2. The van der Waals surface area contributed by atoms with Crippen molar-refractivity contribution in [2.45, 2.75) is 58.2 Å². The standard InChI is InChI=1S/C21H28N4O3/c1-11(2)17(24-21(27)28-4)20(26)25-14-7-6-13(10-14)18(25)19-22-15-8-5-12(3)9-16(15)23-19/h5,8-9,11,13-14,17-18H,6-7,10H2,1-4H3,(H,22,23)(H,24,27)/t13?,14?,17?,18-/m0/s1. The van der Waals surface area contributed by atoms with Gasteiger partial charge in [0.25, 0.3) is 0 Å². The van der Waals surface area contributed by atoms with Crippen LogP contribution >= 0.6 is 0 Å². The van der Waals surface area contributed by atoms with Crippen LogP contribution in [-0.4, -0.2) is 46.1 Å². The van der Waals surface area contributed by atoms with Crippen molar-refractivity contribution in [3.05, 3.63) is 29.6 Å². The van der Waals surface area contributed by atoms with E-state index >= 15 is 0 Å². The third-order valence-corrected chi connectivity index (χ3v) is 6.17.